The average molecular weight is 446 g/mol. The van der Waals surface area contributed by atoms with Crippen molar-refractivity contribution in [2.24, 2.45) is 5.92 Å². The van der Waals surface area contributed by atoms with Gasteiger partial charge in [-0.25, -0.2) is 4.79 Å². The summed E-state index contributed by atoms with van der Waals surface area (Å²) >= 11 is 0. The molecule has 1 aromatic carbocycles. The highest BCUT2D eigenvalue weighted by atomic mass is 16.5. The maximum Gasteiger partial charge on any atom is 0.338 e. The first kappa shape index (κ1) is 26.7. The molecule has 0 spiro atoms. The van der Waals surface area contributed by atoms with Gasteiger partial charge in [0.25, 0.3) is 0 Å². The Balaban J connectivity index is 1.93. The van der Waals surface area contributed by atoms with Crippen molar-refractivity contribution in [1.82, 2.24) is 4.90 Å². The second-order valence-corrected chi connectivity index (χ2v) is 10.2. The van der Waals surface area contributed by atoms with Crippen LogP contribution in [0, 0.1) is 5.92 Å². The van der Waals surface area contributed by atoms with Crippen molar-refractivity contribution < 1.29 is 14.3 Å². The molecule has 1 aromatic rings. The quantitative estimate of drug-likeness (QED) is 0.251. The molecule has 1 heterocycles. The number of carbonyl (C=O) groups excluding carboxylic acids is 1. The topological polar surface area (TPSA) is 38.8 Å². The number of hydrogen-bond acceptors (Lipinski definition) is 4. The molecule has 4 atom stereocenters. The van der Waals surface area contributed by atoms with Crippen LogP contribution in [0.2, 0.25) is 0 Å². The zero-order valence-electron chi connectivity index (χ0n) is 21.7. The summed E-state index contributed by atoms with van der Waals surface area (Å²) in [4.78, 5) is 15.5. The maximum absolute atomic E-state index is 13.0. The van der Waals surface area contributed by atoms with Crippen LogP contribution in [0.15, 0.2) is 24.3 Å². The number of esters is 1. The van der Waals surface area contributed by atoms with E-state index in [9.17, 15) is 4.79 Å². The van der Waals surface area contributed by atoms with Gasteiger partial charge in [-0.1, -0.05) is 59.8 Å². The molecule has 1 saturated heterocycles. The molecule has 4 nitrogen and oxygen atoms in total. The van der Waals surface area contributed by atoms with E-state index in [0.717, 1.165) is 38.0 Å². The molecule has 32 heavy (non-hydrogen) atoms. The van der Waals surface area contributed by atoms with Crippen LogP contribution in [0.4, 0.5) is 0 Å². The van der Waals surface area contributed by atoms with Gasteiger partial charge in [-0.3, -0.25) is 4.90 Å². The third-order valence-electron chi connectivity index (χ3n) is 8.35. The minimum absolute atomic E-state index is 0.00218. The van der Waals surface area contributed by atoms with Gasteiger partial charge in [0.1, 0.15) is 11.9 Å². The lowest BCUT2D eigenvalue weighted by Crippen LogP contribution is -2.66. The Bertz CT molecular complexity index is 703. The zero-order valence-corrected chi connectivity index (χ0v) is 21.7. The summed E-state index contributed by atoms with van der Waals surface area (Å²) < 4.78 is 12.0. The number of hydrogen-bond donors (Lipinski definition) is 0. The van der Waals surface area contributed by atoms with Gasteiger partial charge < -0.3 is 9.47 Å². The third-order valence-corrected chi connectivity index (χ3v) is 8.35. The van der Waals surface area contributed by atoms with E-state index >= 15 is 0 Å². The molecule has 0 saturated carbocycles. The molecule has 0 aliphatic carbocycles. The van der Waals surface area contributed by atoms with Crippen LogP contribution >= 0.6 is 0 Å². The van der Waals surface area contributed by atoms with Crippen molar-refractivity contribution in [3.05, 3.63) is 29.8 Å². The van der Waals surface area contributed by atoms with E-state index in [2.05, 4.69) is 53.5 Å². The van der Waals surface area contributed by atoms with Crippen LogP contribution < -0.4 is 4.74 Å². The van der Waals surface area contributed by atoms with E-state index in [1.165, 1.54) is 32.1 Å². The summed E-state index contributed by atoms with van der Waals surface area (Å²) in [6, 6.07) is 7.43. The first-order valence-electron chi connectivity index (χ1n) is 12.9. The number of nitrogens with zero attached hydrogens (tertiary/aromatic N) is 1. The number of benzene rings is 1. The summed E-state index contributed by atoms with van der Waals surface area (Å²) in [6.07, 6.45) is 10.3. The summed E-state index contributed by atoms with van der Waals surface area (Å²) in [7, 11) is 2.23. The molecule has 0 aromatic heterocycles. The Hall–Kier alpha value is -1.55. The molecule has 0 amide bonds. The van der Waals surface area contributed by atoms with Crippen molar-refractivity contribution in [3.8, 4) is 5.75 Å². The van der Waals surface area contributed by atoms with Gasteiger partial charge >= 0.3 is 5.97 Å². The van der Waals surface area contributed by atoms with E-state index in [4.69, 9.17) is 9.47 Å². The molecule has 1 aliphatic heterocycles. The molecule has 0 N–H and O–H groups in total. The van der Waals surface area contributed by atoms with Crippen LogP contribution in [0.3, 0.4) is 0 Å². The highest BCUT2D eigenvalue weighted by molar-refractivity contribution is 5.89. The first-order valence-corrected chi connectivity index (χ1v) is 12.9. The second-order valence-electron chi connectivity index (χ2n) is 10.2. The van der Waals surface area contributed by atoms with Crippen LogP contribution in [0.1, 0.15) is 110 Å². The van der Waals surface area contributed by atoms with Gasteiger partial charge in [-0.15, -0.1) is 0 Å². The molecule has 0 radical (unpaired) electrons. The molecule has 182 valence electrons. The Morgan fingerprint density at radius 1 is 1.00 bits per heavy atom. The molecule has 2 rings (SSSR count). The lowest BCUT2D eigenvalue weighted by molar-refractivity contribution is -0.126. The predicted molar refractivity (Wildman–Crippen MR) is 133 cm³/mol. The van der Waals surface area contributed by atoms with E-state index in [1.807, 2.05) is 24.3 Å². The smallest absolute Gasteiger partial charge is 0.338 e. The maximum atomic E-state index is 13.0. The second kappa shape index (κ2) is 12.1. The van der Waals surface area contributed by atoms with Gasteiger partial charge in [0, 0.05) is 23.4 Å². The standard InChI is InChI=1S/C28H47NO3/c1-8-11-12-13-14-15-20-31-24-18-16-23(17-19-24)26(30)32-25-21-27(5,9-2)29(7)28(6,10-3)22(25)4/h16-19,22,25H,8-15,20-21H2,1-7H3. The number of carbonyl (C=O) groups is 1. The van der Waals surface area contributed by atoms with Crippen molar-refractivity contribution in [3.63, 3.8) is 0 Å². The minimum atomic E-state index is -0.231. The third kappa shape index (κ3) is 6.27. The van der Waals surface area contributed by atoms with E-state index < -0.39 is 0 Å². The average Bonchev–Trinajstić information content (AvgIpc) is 2.81. The number of piperidine rings is 1. The summed E-state index contributed by atoms with van der Waals surface area (Å²) in [6.45, 7) is 14.3. The molecule has 4 unspecified atom stereocenters. The Morgan fingerprint density at radius 2 is 1.62 bits per heavy atom. The van der Waals surface area contributed by atoms with Gasteiger partial charge in [-0.2, -0.15) is 0 Å². The monoisotopic (exact) mass is 445 g/mol. The highest BCUT2D eigenvalue weighted by Crippen LogP contribution is 2.45. The molecule has 4 heteroatoms. The first-order chi connectivity index (χ1) is 15.2. The normalized spacial score (nSPS) is 28.5. The summed E-state index contributed by atoms with van der Waals surface area (Å²) in [5, 5.41) is 0. The van der Waals surface area contributed by atoms with E-state index in [1.54, 1.807) is 0 Å². The van der Waals surface area contributed by atoms with Crippen LogP contribution in [0.5, 0.6) is 5.75 Å². The fourth-order valence-electron chi connectivity index (χ4n) is 5.12. The van der Waals surface area contributed by atoms with Crippen LogP contribution in [-0.2, 0) is 4.74 Å². The Kier molecular flexibility index (Phi) is 10.1. The van der Waals surface area contributed by atoms with Gasteiger partial charge in [0.15, 0.2) is 0 Å². The van der Waals surface area contributed by atoms with Gasteiger partial charge in [0.05, 0.1) is 12.2 Å². The molecular formula is C28H47NO3. The van der Waals surface area contributed by atoms with E-state index in [0.29, 0.717) is 5.56 Å². The largest absolute Gasteiger partial charge is 0.494 e. The fraction of sp³-hybridized carbons (Fsp3) is 0.750. The lowest BCUT2D eigenvalue weighted by atomic mass is 9.68. The van der Waals surface area contributed by atoms with E-state index in [-0.39, 0.29) is 29.1 Å². The van der Waals surface area contributed by atoms with Crippen molar-refractivity contribution in [2.45, 2.75) is 117 Å². The van der Waals surface area contributed by atoms with Crippen molar-refractivity contribution in [1.29, 1.82) is 0 Å². The Labute approximate surface area is 197 Å². The Morgan fingerprint density at radius 3 is 2.22 bits per heavy atom. The van der Waals surface area contributed by atoms with Gasteiger partial charge in [0.2, 0.25) is 0 Å². The highest BCUT2D eigenvalue weighted by Gasteiger charge is 2.52. The molecule has 1 aliphatic rings. The van der Waals surface area contributed by atoms with Crippen LogP contribution in [0.25, 0.3) is 0 Å². The number of ether oxygens (including phenoxy) is 2. The molecular weight excluding hydrogens is 398 g/mol. The number of rotatable bonds is 12. The predicted octanol–water partition coefficient (Wildman–Crippen LogP) is 7.26. The fourth-order valence-corrected chi connectivity index (χ4v) is 5.12. The summed E-state index contributed by atoms with van der Waals surface area (Å²) in [5.41, 5.74) is 0.623. The molecule has 1 fully saturated rings. The van der Waals surface area contributed by atoms with Crippen molar-refractivity contribution >= 4 is 5.97 Å². The van der Waals surface area contributed by atoms with Crippen molar-refractivity contribution in [2.75, 3.05) is 13.7 Å². The lowest BCUT2D eigenvalue weighted by Gasteiger charge is -2.59. The minimum Gasteiger partial charge on any atom is -0.494 e. The van der Waals surface area contributed by atoms with Gasteiger partial charge in [-0.05, 0) is 64.4 Å². The summed E-state index contributed by atoms with van der Waals surface area (Å²) in [5.74, 6) is 0.853. The number of unbranched alkanes of at least 4 members (excludes halogenated alkanes) is 5. The zero-order chi connectivity index (χ0) is 23.8. The number of likely N-dealkylation sites (tertiary alicyclic amines) is 1. The SMILES string of the molecule is CCCCCCCCOc1ccc(C(=O)OC2CC(C)(CC)N(C)C(C)(CC)C2C)cc1. The van der Waals surface area contributed by atoms with Crippen LogP contribution in [-0.4, -0.2) is 41.7 Å². The molecule has 0 bridgehead atoms.